The number of benzene rings is 1. The molecule has 2 heterocycles. The Balaban J connectivity index is 1.69. The molecular formula is C18H24N6O. The first-order valence-electron chi connectivity index (χ1n) is 8.38. The number of hydrogen-bond acceptors (Lipinski definition) is 6. The number of carbonyl (C=O) groups excluding carboxylic acids is 1. The first-order chi connectivity index (χ1) is 12.0. The summed E-state index contributed by atoms with van der Waals surface area (Å²) in [6.45, 7) is 3.24. The summed E-state index contributed by atoms with van der Waals surface area (Å²) >= 11 is 0. The minimum Gasteiger partial charge on any atom is -0.378 e. The highest BCUT2D eigenvalue weighted by Crippen LogP contribution is 2.18. The van der Waals surface area contributed by atoms with Crippen LogP contribution in [0.1, 0.15) is 10.5 Å². The van der Waals surface area contributed by atoms with Gasteiger partial charge in [0, 0.05) is 57.8 Å². The van der Waals surface area contributed by atoms with Gasteiger partial charge in [0.2, 0.25) is 5.95 Å². The minimum absolute atomic E-state index is 0.0403. The fourth-order valence-corrected chi connectivity index (χ4v) is 2.68. The fraction of sp³-hybridized carbons (Fsp3) is 0.389. The predicted octanol–water partition coefficient (Wildman–Crippen LogP) is 1.67. The summed E-state index contributed by atoms with van der Waals surface area (Å²) in [6.07, 6.45) is 1.62. The highest BCUT2D eigenvalue weighted by molar-refractivity contribution is 5.92. The number of aromatic nitrogens is 2. The normalized spacial score (nSPS) is 15.1. The van der Waals surface area contributed by atoms with Crippen molar-refractivity contribution < 1.29 is 4.79 Å². The van der Waals surface area contributed by atoms with Crippen molar-refractivity contribution in [1.82, 2.24) is 19.8 Å². The first-order valence-corrected chi connectivity index (χ1v) is 8.38. The van der Waals surface area contributed by atoms with Crippen LogP contribution in [0.2, 0.25) is 0 Å². The summed E-state index contributed by atoms with van der Waals surface area (Å²) in [7, 11) is 6.06. The molecule has 0 saturated carbocycles. The highest BCUT2D eigenvalue weighted by atomic mass is 16.2. The van der Waals surface area contributed by atoms with Crippen LogP contribution in [-0.4, -0.2) is 73.0 Å². The molecule has 1 fully saturated rings. The quantitative estimate of drug-likeness (QED) is 0.913. The molecule has 25 heavy (non-hydrogen) atoms. The maximum atomic E-state index is 12.6. The largest absolute Gasteiger partial charge is 0.378 e. The second-order valence-corrected chi connectivity index (χ2v) is 6.43. The number of nitrogens with zero attached hydrogens (tertiary/aromatic N) is 5. The number of carbonyl (C=O) groups is 1. The van der Waals surface area contributed by atoms with Crippen LogP contribution < -0.4 is 10.2 Å². The van der Waals surface area contributed by atoms with Crippen LogP contribution in [0.4, 0.5) is 17.3 Å². The molecule has 1 aromatic carbocycles. The zero-order valence-corrected chi connectivity index (χ0v) is 14.9. The molecule has 1 N–H and O–H groups in total. The molecule has 0 bridgehead atoms. The van der Waals surface area contributed by atoms with Gasteiger partial charge in [-0.15, -0.1) is 0 Å². The molecule has 7 nitrogen and oxygen atoms in total. The van der Waals surface area contributed by atoms with Crippen LogP contribution in [0.25, 0.3) is 0 Å². The van der Waals surface area contributed by atoms with Gasteiger partial charge in [-0.05, 0) is 37.4 Å². The van der Waals surface area contributed by atoms with Crippen LogP contribution in [0.15, 0.2) is 36.5 Å². The van der Waals surface area contributed by atoms with Gasteiger partial charge >= 0.3 is 0 Å². The van der Waals surface area contributed by atoms with E-state index in [1.165, 1.54) is 0 Å². The Hall–Kier alpha value is -2.67. The maximum absolute atomic E-state index is 12.6. The summed E-state index contributed by atoms with van der Waals surface area (Å²) in [5.74, 6) is 0.388. The zero-order valence-electron chi connectivity index (χ0n) is 14.9. The summed E-state index contributed by atoms with van der Waals surface area (Å²) in [5.41, 5.74) is 2.42. The van der Waals surface area contributed by atoms with Crippen molar-refractivity contribution in [2.45, 2.75) is 0 Å². The molecule has 0 aliphatic carbocycles. The van der Waals surface area contributed by atoms with Crippen LogP contribution in [0.3, 0.4) is 0 Å². The molecule has 2 aromatic rings. The Labute approximate surface area is 148 Å². The summed E-state index contributed by atoms with van der Waals surface area (Å²) in [4.78, 5) is 27.3. The van der Waals surface area contributed by atoms with Gasteiger partial charge in [0.15, 0.2) is 0 Å². The van der Waals surface area contributed by atoms with Gasteiger partial charge in [-0.3, -0.25) is 4.79 Å². The molecule has 7 heteroatoms. The SMILES string of the molecule is CN1CCN(C(=O)c2ccnc(Nc3ccc(N(C)C)cc3)n2)CC1. The van der Waals surface area contributed by atoms with Crippen molar-refractivity contribution in [1.29, 1.82) is 0 Å². The van der Waals surface area contributed by atoms with E-state index in [1.807, 2.05) is 48.2 Å². The molecule has 0 radical (unpaired) electrons. The molecular weight excluding hydrogens is 316 g/mol. The third kappa shape index (κ3) is 4.24. The second-order valence-electron chi connectivity index (χ2n) is 6.43. The molecule has 0 unspecified atom stereocenters. The molecule has 1 amide bonds. The van der Waals surface area contributed by atoms with Gasteiger partial charge in [-0.2, -0.15) is 0 Å². The summed E-state index contributed by atoms with van der Waals surface area (Å²) in [5, 5.41) is 3.16. The van der Waals surface area contributed by atoms with Crippen LogP contribution in [-0.2, 0) is 0 Å². The van der Waals surface area contributed by atoms with Crippen molar-refractivity contribution in [3.05, 3.63) is 42.2 Å². The fourth-order valence-electron chi connectivity index (χ4n) is 2.68. The number of piperazine rings is 1. The predicted molar refractivity (Wildman–Crippen MR) is 99.5 cm³/mol. The number of rotatable bonds is 4. The first kappa shape index (κ1) is 17.2. The summed E-state index contributed by atoms with van der Waals surface area (Å²) < 4.78 is 0. The molecule has 0 spiro atoms. The van der Waals surface area contributed by atoms with E-state index in [-0.39, 0.29) is 5.91 Å². The number of likely N-dealkylation sites (N-methyl/N-ethyl adjacent to an activating group) is 1. The van der Waals surface area contributed by atoms with Crippen LogP contribution in [0.5, 0.6) is 0 Å². The van der Waals surface area contributed by atoms with Crippen LogP contribution >= 0.6 is 0 Å². The van der Waals surface area contributed by atoms with Gasteiger partial charge in [-0.1, -0.05) is 0 Å². The minimum atomic E-state index is -0.0403. The van der Waals surface area contributed by atoms with Crippen molar-refractivity contribution >= 4 is 23.2 Å². The lowest BCUT2D eigenvalue weighted by atomic mass is 10.2. The molecule has 1 aliphatic heterocycles. The van der Waals surface area contributed by atoms with Gasteiger partial charge < -0.3 is 20.0 Å². The molecule has 1 aromatic heterocycles. The van der Waals surface area contributed by atoms with E-state index >= 15 is 0 Å². The molecule has 3 rings (SSSR count). The monoisotopic (exact) mass is 340 g/mol. The van der Waals surface area contributed by atoms with Gasteiger partial charge in [0.05, 0.1) is 0 Å². The number of hydrogen-bond donors (Lipinski definition) is 1. The van der Waals surface area contributed by atoms with E-state index in [4.69, 9.17) is 0 Å². The van der Waals surface area contributed by atoms with Crippen LogP contribution in [0, 0.1) is 0 Å². The van der Waals surface area contributed by atoms with E-state index in [0.29, 0.717) is 11.6 Å². The number of nitrogens with one attached hydrogen (secondary N) is 1. The standard InChI is InChI=1S/C18H24N6O/c1-22(2)15-6-4-14(5-7-15)20-18-19-9-8-16(21-18)17(25)24-12-10-23(3)11-13-24/h4-9H,10-13H2,1-3H3,(H,19,20,21). The number of amides is 1. The topological polar surface area (TPSA) is 64.6 Å². The lowest BCUT2D eigenvalue weighted by Gasteiger charge is -2.32. The molecule has 1 aliphatic rings. The Bertz CT molecular complexity index is 723. The molecule has 1 saturated heterocycles. The van der Waals surface area contributed by atoms with Crippen molar-refractivity contribution in [2.24, 2.45) is 0 Å². The van der Waals surface area contributed by atoms with E-state index in [1.54, 1.807) is 12.3 Å². The smallest absolute Gasteiger partial charge is 0.272 e. The Morgan fingerprint density at radius 2 is 1.76 bits per heavy atom. The average molecular weight is 340 g/mol. The van der Waals surface area contributed by atoms with E-state index in [0.717, 1.165) is 37.6 Å². The van der Waals surface area contributed by atoms with E-state index < -0.39 is 0 Å². The highest BCUT2D eigenvalue weighted by Gasteiger charge is 2.21. The van der Waals surface area contributed by atoms with Gasteiger partial charge in [0.1, 0.15) is 5.69 Å². The lowest BCUT2D eigenvalue weighted by molar-refractivity contribution is 0.0658. The van der Waals surface area contributed by atoms with Gasteiger partial charge in [-0.25, -0.2) is 9.97 Å². The maximum Gasteiger partial charge on any atom is 0.272 e. The zero-order chi connectivity index (χ0) is 17.8. The molecule has 0 atom stereocenters. The van der Waals surface area contributed by atoms with Crippen molar-refractivity contribution in [3.8, 4) is 0 Å². The van der Waals surface area contributed by atoms with Crippen molar-refractivity contribution in [2.75, 3.05) is 57.5 Å². The third-order valence-electron chi connectivity index (χ3n) is 4.31. The van der Waals surface area contributed by atoms with E-state index in [2.05, 4.69) is 27.2 Å². The Kier molecular flexibility index (Phi) is 5.14. The van der Waals surface area contributed by atoms with E-state index in [9.17, 15) is 4.79 Å². The third-order valence-corrected chi connectivity index (χ3v) is 4.31. The lowest BCUT2D eigenvalue weighted by Crippen LogP contribution is -2.47. The average Bonchev–Trinajstić information content (AvgIpc) is 2.62. The summed E-state index contributed by atoms with van der Waals surface area (Å²) in [6, 6.07) is 9.63. The Morgan fingerprint density at radius 3 is 2.40 bits per heavy atom. The van der Waals surface area contributed by atoms with Gasteiger partial charge in [0.25, 0.3) is 5.91 Å². The Morgan fingerprint density at radius 1 is 1.08 bits per heavy atom. The number of anilines is 3. The molecule has 132 valence electrons. The van der Waals surface area contributed by atoms with Crippen molar-refractivity contribution in [3.63, 3.8) is 0 Å². The second kappa shape index (κ2) is 7.48.